The highest BCUT2D eigenvalue weighted by atomic mass is 16.4. The van der Waals surface area contributed by atoms with Crippen LogP contribution in [0.3, 0.4) is 0 Å². The predicted octanol–water partition coefficient (Wildman–Crippen LogP) is 2.94. The van der Waals surface area contributed by atoms with Crippen LogP contribution in [0.4, 0.5) is 0 Å². The summed E-state index contributed by atoms with van der Waals surface area (Å²) in [6, 6.07) is 3.24. The summed E-state index contributed by atoms with van der Waals surface area (Å²) in [5, 5.41) is 17.2. The molecule has 0 fully saturated rings. The Hall–Kier alpha value is -1.91. The first-order valence-corrected chi connectivity index (χ1v) is 6.79. The monoisotopic (exact) mass is 261 g/mol. The lowest BCUT2D eigenvalue weighted by atomic mass is 10.1. The van der Waals surface area contributed by atoms with Gasteiger partial charge in [-0.1, -0.05) is 32.6 Å². The van der Waals surface area contributed by atoms with E-state index in [4.69, 9.17) is 5.11 Å². The van der Waals surface area contributed by atoms with Crippen LogP contribution in [0.1, 0.15) is 55.2 Å². The molecule has 2 aromatic heterocycles. The molecule has 0 amide bonds. The molecule has 19 heavy (non-hydrogen) atoms. The summed E-state index contributed by atoms with van der Waals surface area (Å²) in [5.74, 6) is -0.0842. The van der Waals surface area contributed by atoms with Crippen LogP contribution in [0.5, 0.6) is 0 Å². The third-order valence-electron chi connectivity index (χ3n) is 3.22. The average Bonchev–Trinajstić information content (AvgIpc) is 2.81. The summed E-state index contributed by atoms with van der Waals surface area (Å²) in [6.07, 6.45) is 8.43. The number of aromatic nitrogens is 3. The van der Waals surface area contributed by atoms with Gasteiger partial charge in [0.2, 0.25) is 0 Å². The lowest BCUT2D eigenvalue weighted by molar-refractivity contribution is 0.0696. The topological polar surface area (TPSA) is 67.5 Å². The van der Waals surface area contributed by atoms with Crippen molar-refractivity contribution in [2.24, 2.45) is 0 Å². The van der Waals surface area contributed by atoms with E-state index >= 15 is 0 Å². The zero-order chi connectivity index (χ0) is 13.7. The van der Waals surface area contributed by atoms with Crippen LogP contribution in [0, 0.1) is 0 Å². The third-order valence-corrected chi connectivity index (χ3v) is 3.22. The molecule has 2 heterocycles. The van der Waals surface area contributed by atoms with Gasteiger partial charge in [-0.15, -0.1) is 10.2 Å². The van der Waals surface area contributed by atoms with Crippen molar-refractivity contribution in [3.05, 3.63) is 29.7 Å². The van der Waals surface area contributed by atoms with Gasteiger partial charge < -0.3 is 5.11 Å². The van der Waals surface area contributed by atoms with E-state index in [1.807, 2.05) is 0 Å². The Labute approximate surface area is 112 Å². The summed E-state index contributed by atoms with van der Waals surface area (Å²) >= 11 is 0. The quantitative estimate of drug-likeness (QED) is 0.778. The summed E-state index contributed by atoms with van der Waals surface area (Å²) in [4.78, 5) is 11.0. The maximum Gasteiger partial charge on any atom is 0.337 e. The number of unbranched alkanes of at least 4 members (excludes halogenated alkanes) is 4. The molecule has 1 N–H and O–H groups in total. The Kier molecular flexibility index (Phi) is 4.49. The first-order chi connectivity index (χ1) is 9.22. The molecule has 0 unspecified atom stereocenters. The van der Waals surface area contributed by atoms with E-state index in [2.05, 4.69) is 17.1 Å². The van der Waals surface area contributed by atoms with Crippen molar-refractivity contribution in [1.82, 2.24) is 14.6 Å². The van der Waals surface area contributed by atoms with Gasteiger partial charge in [-0.2, -0.15) is 0 Å². The van der Waals surface area contributed by atoms with Gasteiger partial charge in [-0.3, -0.25) is 4.40 Å². The molecule has 0 aromatic carbocycles. The molecule has 0 spiro atoms. The van der Waals surface area contributed by atoms with Crippen molar-refractivity contribution in [3.8, 4) is 0 Å². The van der Waals surface area contributed by atoms with Crippen LogP contribution >= 0.6 is 0 Å². The van der Waals surface area contributed by atoms with E-state index in [1.165, 1.54) is 25.7 Å². The number of pyridine rings is 1. The first kappa shape index (κ1) is 13.5. The summed E-state index contributed by atoms with van der Waals surface area (Å²) < 4.78 is 1.78. The molecular weight excluding hydrogens is 242 g/mol. The Bertz CT molecular complexity index is 563. The zero-order valence-electron chi connectivity index (χ0n) is 11.2. The van der Waals surface area contributed by atoms with Crippen molar-refractivity contribution in [3.63, 3.8) is 0 Å². The standard InChI is InChI=1S/C14H19N3O2/c1-2-3-4-5-6-7-12-15-16-13-9-8-11(14(18)19)10-17(12)13/h8-10H,2-7H2,1H3,(H,18,19). The largest absolute Gasteiger partial charge is 0.478 e. The van der Waals surface area contributed by atoms with Crippen molar-refractivity contribution < 1.29 is 9.90 Å². The number of nitrogens with zero attached hydrogens (tertiary/aromatic N) is 3. The summed E-state index contributed by atoms with van der Waals surface area (Å²) in [7, 11) is 0. The van der Waals surface area contributed by atoms with E-state index in [0.717, 1.165) is 18.7 Å². The number of hydrogen-bond acceptors (Lipinski definition) is 3. The van der Waals surface area contributed by atoms with Gasteiger partial charge in [0.1, 0.15) is 5.82 Å². The number of hydrogen-bond donors (Lipinski definition) is 1. The lowest BCUT2D eigenvalue weighted by Crippen LogP contribution is -2.01. The molecule has 0 atom stereocenters. The van der Waals surface area contributed by atoms with Crippen LogP contribution in [-0.4, -0.2) is 25.7 Å². The number of aromatic carboxylic acids is 1. The molecule has 5 heteroatoms. The van der Waals surface area contributed by atoms with E-state index < -0.39 is 5.97 Å². The Morgan fingerprint density at radius 2 is 2.00 bits per heavy atom. The van der Waals surface area contributed by atoms with Gasteiger partial charge in [-0.05, 0) is 18.6 Å². The Balaban J connectivity index is 2.06. The Morgan fingerprint density at radius 3 is 2.74 bits per heavy atom. The van der Waals surface area contributed by atoms with Crippen molar-refractivity contribution in [2.75, 3.05) is 0 Å². The number of aryl methyl sites for hydroxylation is 1. The van der Waals surface area contributed by atoms with Crippen LogP contribution < -0.4 is 0 Å². The summed E-state index contributed by atoms with van der Waals surface area (Å²) in [5.41, 5.74) is 0.966. The fraction of sp³-hybridized carbons (Fsp3) is 0.500. The van der Waals surface area contributed by atoms with Gasteiger partial charge in [0.25, 0.3) is 0 Å². The van der Waals surface area contributed by atoms with Crippen LogP contribution in [0.2, 0.25) is 0 Å². The molecule has 2 rings (SSSR count). The number of carbonyl (C=O) groups is 1. The van der Waals surface area contributed by atoms with Crippen molar-refractivity contribution in [1.29, 1.82) is 0 Å². The van der Waals surface area contributed by atoms with Crippen molar-refractivity contribution >= 4 is 11.6 Å². The fourth-order valence-corrected chi connectivity index (χ4v) is 2.12. The van der Waals surface area contributed by atoms with Crippen LogP contribution in [0.25, 0.3) is 5.65 Å². The number of carboxylic acid groups (broad SMARTS) is 1. The van der Waals surface area contributed by atoms with Gasteiger partial charge in [-0.25, -0.2) is 4.79 Å². The number of fused-ring (bicyclic) bond motifs is 1. The molecule has 0 saturated carbocycles. The van der Waals surface area contributed by atoms with Crippen LogP contribution in [-0.2, 0) is 6.42 Å². The maximum atomic E-state index is 11.0. The highest BCUT2D eigenvalue weighted by Gasteiger charge is 2.08. The second-order valence-corrected chi connectivity index (χ2v) is 4.73. The van der Waals surface area contributed by atoms with Crippen molar-refractivity contribution in [2.45, 2.75) is 45.4 Å². The summed E-state index contributed by atoms with van der Waals surface area (Å²) in [6.45, 7) is 2.19. The molecule has 5 nitrogen and oxygen atoms in total. The highest BCUT2D eigenvalue weighted by molar-refractivity contribution is 5.87. The minimum atomic E-state index is -0.926. The fourth-order valence-electron chi connectivity index (χ4n) is 2.12. The van der Waals surface area contributed by atoms with Gasteiger partial charge >= 0.3 is 5.97 Å². The zero-order valence-corrected chi connectivity index (χ0v) is 11.2. The normalized spacial score (nSPS) is 11.0. The minimum absolute atomic E-state index is 0.263. The first-order valence-electron chi connectivity index (χ1n) is 6.79. The number of rotatable bonds is 7. The lowest BCUT2D eigenvalue weighted by Gasteiger charge is -2.01. The Morgan fingerprint density at radius 1 is 1.21 bits per heavy atom. The average molecular weight is 261 g/mol. The minimum Gasteiger partial charge on any atom is -0.478 e. The second-order valence-electron chi connectivity index (χ2n) is 4.73. The molecule has 0 radical (unpaired) electrons. The molecule has 2 aromatic rings. The molecule has 0 bridgehead atoms. The molecule has 0 aliphatic carbocycles. The van der Waals surface area contributed by atoms with E-state index in [1.54, 1.807) is 22.7 Å². The maximum absolute atomic E-state index is 11.0. The SMILES string of the molecule is CCCCCCCc1nnc2ccc(C(=O)O)cn12. The van der Waals surface area contributed by atoms with Gasteiger partial charge in [0, 0.05) is 12.6 Å². The van der Waals surface area contributed by atoms with E-state index in [0.29, 0.717) is 5.65 Å². The smallest absolute Gasteiger partial charge is 0.337 e. The molecule has 102 valence electrons. The molecular formula is C14H19N3O2. The molecule has 0 aliphatic heterocycles. The predicted molar refractivity (Wildman–Crippen MR) is 72.4 cm³/mol. The van der Waals surface area contributed by atoms with E-state index in [-0.39, 0.29) is 5.56 Å². The highest BCUT2D eigenvalue weighted by Crippen LogP contribution is 2.11. The second kappa shape index (κ2) is 6.31. The number of carboxylic acids is 1. The van der Waals surface area contributed by atoms with Crippen LogP contribution in [0.15, 0.2) is 18.3 Å². The molecule has 0 aliphatic rings. The van der Waals surface area contributed by atoms with E-state index in [9.17, 15) is 4.79 Å². The van der Waals surface area contributed by atoms with Gasteiger partial charge in [0.15, 0.2) is 5.65 Å². The van der Waals surface area contributed by atoms with Gasteiger partial charge in [0.05, 0.1) is 5.56 Å². The molecule has 0 saturated heterocycles. The third kappa shape index (κ3) is 3.30.